The van der Waals surface area contributed by atoms with Gasteiger partial charge in [0, 0.05) is 24.0 Å². The summed E-state index contributed by atoms with van der Waals surface area (Å²) in [5.74, 6) is -1.66. The second kappa shape index (κ2) is 3.99. The molecular weight excluding hydrogens is 254 g/mol. The third-order valence-electron chi connectivity index (χ3n) is 3.80. The molecule has 1 aliphatic carbocycles. The van der Waals surface area contributed by atoms with Crippen molar-refractivity contribution in [2.45, 2.75) is 6.54 Å². The number of carboxylic acid groups (broad SMARTS) is 1. The molecule has 0 bridgehead atoms. The van der Waals surface area contributed by atoms with Crippen LogP contribution in [0, 0.1) is 17.8 Å². The van der Waals surface area contributed by atoms with Crippen LogP contribution >= 0.6 is 11.6 Å². The lowest BCUT2D eigenvalue weighted by molar-refractivity contribution is -0.143. The molecule has 0 spiro atoms. The zero-order chi connectivity index (χ0) is 12.9. The van der Waals surface area contributed by atoms with E-state index in [4.69, 9.17) is 16.7 Å². The molecule has 1 saturated heterocycles. The van der Waals surface area contributed by atoms with Crippen LogP contribution in [0.3, 0.4) is 0 Å². The lowest BCUT2D eigenvalue weighted by atomic mass is 10.2. The maximum absolute atomic E-state index is 12.0. The van der Waals surface area contributed by atoms with E-state index in [2.05, 4.69) is 0 Å². The number of carbonyl (C=O) groups excluding carboxylic acids is 1. The van der Waals surface area contributed by atoms with E-state index in [0.29, 0.717) is 18.1 Å². The fourth-order valence-corrected chi connectivity index (χ4v) is 3.00. The number of carbonyl (C=O) groups is 2. The number of hydrogen-bond acceptors (Lipinski definition) is 2. The number of piperidine rings is 1. The van der Waals surface area contributed by atoms with Crippen molar-refractivity contribution in [3.05, 3.63) is 34.9 Å². The zero-order valence-electron chi connectivity index (χ0n) is 9.54. The van der Waals surface area contributed by atoms with Gasteiger partial charge in [0.1, 0.15) is 0 Å². The summed E-state index contributed by atoms with van der Waals surface area (Å²) in [5, 5.41) is 9.54. The Balaban J connectivity index is 1.70. The summed E-state index contributed by atoms with van der Waals surface area (Å²) in [6.07, 6.45) is 0. The molecule has 1 N–H and O–H groups in total. The van der Waals surface area contributed by atoms with E-state index in [0.717, 1.165) is 5.56 Å². The van der Waals surface area contributed by atoms with Crippen LogP contribution in [0.15, 0.2) is 24.3 Å². The molecule has 0 aromatic heterocycles. The zero-order valence-corrected chi connectivity index (χ0v) is 10.3. The molecule has 5 heteroatoms. The molecule has 3 unspecified atom stereocenters. The molecule has 1 aromatic rings. The van der Waals surface area contributed by atoms with E-state index in [-0.39, 0.29) is 17.7 Å². The van der Waals surface area contributed by atoms with Crippen LogP contribution in [0.5, 0.6) is 0 Å². The first kappa shape index (κ1) is 11.5. The molecule has 1 aromatic carbocycles. The van der Waals surface area contributed by atoms with Gasteiger partial charge in [0.2, 0.25) is 5.91 Å². The third-order valence-corrected chi connectivity index (χ3v) is 4.17. The van der Waals surface area contributed by atoms with E-state index >= 15 is 0 Å². The van der Waals surface area contributed by atoms with Crippen molar-refractivity contribution in [1.29, 1.82) is 0 Å². The summed E-state index contributed by atoms with van der Waals surface area (Å²) in [5.41, 5.74) is 0.903. The molecule has 2 fully saturated rings. The molecule has 1 saturated carbocycles. The van der Waals surface area contributed by atoms with Crippen LogP contribution in [-0.4, -0.2) is 28.4 Å². The van der Waals surface area contributed by atoms with Crippen molar-refractivity contribution in [2.75, 3.05) is 6.54 Å². The van der Waals surface area contributed by atoms with Crippen molar-refractivity contribution in [3.8, 4) is 0 Å². The average molecular weight is 266 g/mol. The number of benzene rings is 1. The van der Waals surface area contributed by atoms with Crippen LogP contribution in [0.25, 0.3) is 0 Å². The van der Waals surface area contributed by atoms with Crippen LogP contribution in [0.2, 0.25) is 5.02 Å². The lowest BCUT2D eigenvalue weighted by Gasteiger charge is -2.19. The van der Waals surface area contributed by atoms with Crippen LogP contribution in [0.1, 0.15) is 5.56 Å². The van der Waals surface area contributed by atoms with Crippen LogP contribution < -0.4 is 0 Å². The molecule has 4 nitrogen and oxygen atoms in total. The monoisotopic (exact) mass is 265 g/mol. The van der Waals surface area contributed by atoms with Gasteiger partial charge in [0.05, 0.1) is 11.8 Å². The fourth-order valence-electron chi connectivity index (χ4n) is 2.80. The number of rotatable bonds is 3. The van der Waals surface area contributed by atoms with E-state index < -0.39 is 11.9 Å². The Kier molecular flexibility index (Phi) is 2.55. The molecule has 1 aliphatic heterocycles. The van der Waals surface area contributed by atoms with Crippen molar-refractivity contribution < 1.29 is 14.7 Å². The highest BCUT2D eigenvalue weighted by Gasteiger charge is 2.65. The summed E-state index contributed by atoms with van der Waals surface area (Å²) in [4.78, 5) is 24.5. The highest BCUT2D eigenvalue weighted by molar-refractivity contribution is 6.31. The normalized spacial score (nSPS) is 29.3. The van der Waals surface area contributed by atoms with E-state index in [1.54, 1.807) is 11.0 Å². The van der Waals surface area contributed by atoms with E-state index in [1.165, 1.54) is 0 Å². The number of amides is 1. The number of nitrogens with zero attached hydrogens (tertiary/aromatic N) is 1. The lowest BCUT2D eigenvalue weighted by Crippen LogP contribution is -2.31. The first-order valence-corrected chi connectivity index (χ1v) is 6.22. The van der Waals surface area contributed by atoms with E-state index in [9.17, 15) is 9.59 Å². The summed E-state index contributed by atoms with van der Waals surface area (Å²) >= 11 is 6.05. The largest absolute Gasteiger partial charge is 0.481 e. The maximum Gasteiger partial charge on any atom is 0.307 e. The van der Waals surface area contributed by atoms with Crippen LogP contribution in [0.4, 0.5) is 0 Å². The molecule has 3 rings (SSSR count). The quantitative estimate of drug-likeness (QED) is 0.904. The van der Waals surface area contributed by atoms with Gasteiger partial charge in [0.15, 0.2) is 0 Å². The predicted octanol–water partition coefficient (Wildman–Crippen LogP) is 1.63. The number of carboxylic acids is 1. The molecular formula is C13H12ClNO3. The van der Waals surface area contributed by atoms with Gasteiger partial charge < -0.3 is 10.0 Å². The topological polar surface area (TPSA) is 57.6 Å². The van der Waals surface area contributed by atoms with Gasteiger partial charge in [-0.2, -0.15) is 0 Å². The number of aliphatic carboxylic acids is 1. The molecule has 2 aliphatic rings. The molecule has 3 atom stereocenters. The Morgan fingerprint density at radius 3 is 2.72 bits per heavy atom. The van der Waals surface area contributed by atoms with Gasteiger partial charge in [-0.3, -0.25) is 9.59 Å². The van der Waals surface area contributed by atoms with Gasteiger partial charge >= 0.3 is 5.97 Å². The average Bonchev–Trinajstić information content (AvgIpc) is 2.96. The SMILES string of the molecule is O=C(O)C1C2CN(Cc3ccccc3Cl)C(=O)C21. The van der Waals surface area contributed by atoms with Crippen molar-refractivity contribution in [3.63, 3.8) is 0 Å². The third kappa shape index (κ3) is 1.68. The Labute approximate surface area is 109 Å². The second-order valence-corrected chi connectivity index (χ2v) is 5.27. The minimum absolute atomic E-state index is 0.00233. The fraction of sp³-hybridized carbons (Fsp3) is 0.385. The predicted molar refractivity (Wildman–Crippen MR) is 65.0 cm³/mol. The molecule has 94 valence electrons. The molecule has 1 amide bonds. The molecule has 1 heterocycles. The molecule has 18 heavy (non-hydrogen) atoms. The maximum atomic E-state index is 12.0. The summed E-state index contributed by atoms with van der Waals surface area (Å²) in [6, 6.07) is 7.39. The first-order valence-electron chi connectivity index (χ1n) is 5.84. The Morgan fingerprint density at radius 1 is 1.44 bits per heavy atom. The van der Waals surface area contributed by atoms with Gasteiger partial charge in [-0.25, -0.2) is 0 Å². The standard InChI is InChI=1S/C13H12ClNO3/c14-9-4-2-1-3-7(9)5-15-6-8-10(12(15)16)11(8)13(17)18/h1-4,8,10-11H,5-6H2,(H,17,18). The van der Waals surface area contributed by atoms with Gasteiger partial charge in [-0.05, 0) is 11.6 Å². The highest BCUT2D eigenvalue weighted by atomic mass is 35.5. The smallest absolute Gasteiger partial charge is 0.307 e. The number of fused-ring (bicyclic) bond motifs is 1. The van der Waals surface area contributed by atoms with Crippen molar-refractivity contribution in [1.82, 2.24) is 4.90 Å². The second-order valence-electron chi connectivity index (χ2n) is 4.86. The Morgan fingerprint density at radius 2 is 2.17 bits per heavy atom. The summed E-state index contributed by atoms with van der Waals surface area (Å²) in [6.45, 7) is 1.00. The van der Waals surface area contributed by atoms with Crippen LogP contribution in [-0.2, 0) is 16.1 Å². The minimum atomic E-state index is -0.851. The number of hydrogen-bond donors (Lipinski definition) is 1. The number of halogens is 1. The number of likely N-dealkylation sites (tertiary alicyclic amines) is 1. The molecule has 0 radical (unpaired) electrons. The van der Waals surface area contributed by atoms with E-state index in [1.807, 2.05) is 18.2 Å². The summed E-state index contributed by atoms with van der Waals surface area (Å²) in [7, 11) is 0. The highest BCUT2D eigenvalue weighted by Crippen LogP contribution is 2.52. The first-order chi connectivity index (χ1) is 8.59. The van der Waals surface area contributed by atoms with Crippen molar-refractivity contribution in [2.24, 2.45) is 17.8 Å². The minimum Gasteiger partial charge on any atom is -0.481 e. The van der Waals surface area contributed by atoms with Crippen molar-refractivity contribution >= 4 is 23.5 Å². The van der Waals surface area contributed by atoms with Gasteiger partial charge in [0.25, 0.3) is 0 Å². The Bertz CT molecular complexity index is 531. The van der Waals surface area contributed by atoms with Gasteiger partial charge in [-0.1, -0.05) is 29.8 Å². The Hall–Kier alpha value is -1.55. The van der Waals surface area contributed by atoms with Gasteiger partial charge in [-0.15, -0.1) is 0 Å². The summed E-state index contributed by atoms with van der Waals surface area (Å²) < 4.78 is 0.